The van der Waals surface area contributed by atoms with Crippen molar-refractivity contribution >= 4 is 0 Å². The Morgan fingerprint density at radius 2 is 1.93 bits per heavy atom. The molecule has 0 amide bonds. The fraction of sp³-hybridized carbons (Fsp3) is 1.00. The molecule has 1 rings (SSSR count). The highest BCUT2D eigenvalue weighted by Gasteiger charge is 2.36. The Morgan fingerprint density at radius 1 is 1.33 bits per heavy atom. The lowest BCUT2D eigenvalue weighted by Crippen LogP contribution is -2.45. The van der Waals surface area contributed by atoms with Crippen LogP contribution in [0.25, 0.3) is 0 Å². The monoisotopic (exact) mass is 212 g/mol. The van der Waals surface area contributed by atoms with Crippen molar-refractivity contribution in [2.24, 2.45) is 0 Å². The van der Waals surface area contributed by atoms with Crippen LogP contribution in [0.3, 0.4) is 0 Å². The minimum absolute atomic E-state index is 0.321. The van der Waals surface area contributed by atoms with Crippen molar-refractivity contribution in [1.82, 2.24) is 9.80 Å². The summed E-state index contributed by atoms with van der Waals surface area (Å²) in [6.07, 6.45) is 2.59. The van der Waals surface area contributed by atoms with Gasteiger partial charge in [-0.05, 0) is 54.1 Å². The average Bonchev–Trinajstić information content (AvgIpc) is 2.47. The molecule has 0 aromatic carbocycles. The topological polar surface area (TPSA) is 6.48 Å². The van der Waals surface area contributed by atoms with E-state index in [2.05, 4.69) is 51.5 Å². The SMILES string of the molecule is CCCN(C)C1C[C@H](C)N(C(C)(C)C)C1. The van der Waals surface area contributed by atoms with Crippen LogP contribution in [-0.4, -0.2) is 47.6 Å². The molecule has 0 bridgehead atoms. The Kier molecular flexibility index (Phi) is 4.19. The van der Waals surface area contributed by atoms with Crippen LogP contribution in [0.15, 0.2) is 0 Å². The molecule has 1 unspecified atom stereocenters. The molecule has 0 spiro atoms. The molecule has 0 saturated carbocycles. The summed E-state index contributed by atoms with van der Waals surface area (Å²) in [4.78, 5) is 5.17. The van der Waals surface area contributed by atoms with E-state index in [0.29, 0.717) is 5.54 Å². The van der Waals surface area contributed by atoms with Gasteiger partial charge in [0, 0.05) is 24.2 Å². The van der Waals surface area contributed by atoms with Gasteiger partial charge in [0.25, 0.3) is 0 Å². The molecular weight excluding hydrogens is 184 g/mol. The largest absolute Gasteiger partial charge is 0.302 e. The molecule has 2 nitrogen and oxygen atoms in total. The molecule has 1 saturated heterocycles. The summed E-state index contributed by atoms with van der Waals surface area (Å²) in [6, 6.07) is 1.49. The molecular formula is C13H28N2. The van der Waals surface area contributed by atoms with Crippen molar-refractivity contribution in [2.45, 2.75) is 65.1 Å². The highest BCUT2D eigenvalue weighted by molar-refractivity contribution is 4.93. The van der Waals surface area contributed by atoms with E-state index in [0.717, 1.165) is 12.1 Å². The zero-order valence-electron chi connectivity index (χ0n) is 11.4. The lowest BCUT2D eigenvalue weighted by molar-refractivity contribution is 0.121. The van der Waals surface area contributed by atoms with Crippen LogP contribution in [0.1, 0.15) is 47.5 Å². The highest BCUT2D eigenvalue weighted by atomic mass is 15.3. The van der Waals surface area contributed by atoms with Gasteiger partial charge in [-0.25, -0.2) is 0 Å². The van der Waals surface area contributed by atoms with E-state index in [1.165, 1.54) is 25.9 Å². The average molecular weight is 212 g/mol. The van der Waals surface area contributed by atoms with E-state index >= 15 is 0 Å². The van der Waals surface area contributed by atoms with E-state index in [1.54, 1.807) is 0 Å². The van der Waals surface area contributed by atoms with Crippen molar-refractivity contribution in [3.05, 3.63) is 0 Å². The maximum absolute atomic E-state index is 2.64. The fourth-order valence-corrected chi connectivity index (χ4v) is 2.79. The van der Waals surface area contributed by atoms with Crippen LogP contribution >= 0.6 is 0 Å². The van der Waals surface area contributed by atoms with Gasteiger partial charge in [-0.1, -0.05) is 6.92 Å². The zero-order valence-corrected chi connectivity index (χ0v) is 11.4. The minimum atomic E-state index is 0.321. The van der Waals surface area contributed by atoms with Gasteiger partial charge in [-0.2, -0.15) is 0 Å². The molecule has 2 heteroatoms. The molecule has 15 heavy (non-hydrogen) atoms. The summed E-state index contributed by atoms with van der Waals surface area (Å²) in [5.41, 5.74) is 0.321. The van der Waals surface area contributed by atoms with Gasteiger partial charge in [0.05, 0.1) is 0 Å². The van der Waals surface area contributed by atoms with E-state index < -0.39 is 0 Å². The van der Waals surface area contributed by atoms with Crippen LogP contribution in [0, 0.1) is 0 Å². The molecule has 1 aliphatic heterocycles. The molecule has 1 fully saturated rings. The summed E-state index contributed by atoms with van der Waals surface area (Å²) < 4.78 is 0. The van der Waals surface area contributed by atoms with E-state index in [9.17, 15) is 0 Å². The third kappa shape index (κ3) is 3.18. The first-order valence-electron chi connectivity index (χ1n) is 6.33. The lowest BCUT2D eigenvalue weighted by Gasteiger charge is -2.35. The highest BCUT2D eigenvalue weighted by Crippen LogP contribution is 2.28. The first kappa shape index (κ1) is 13.0. The molecule has 90 valence electrons. The van der Waals surface area contributed by atoms with E-state index in [1.807, 2.05) is 0 Å². The first-order chi connectivity index (χ1) is 6.86. The van der Waals surface area contributed by atoms with Crippen molar-refractivity contribution < 1.29 is 0 Å². The maximum Gasteiger partial charge on any atom is 0.0235 e. The summed E-state index contributed by atoms with van der Waals surface area (Å²) in [6.45, 7) is 14.1. The van der Waals surface area contributed by atoms with Gasteiger partial charge < -0.3 is 4.90 Å². The Balaban J connectivity index is 2.55. The van der Waals surface area contributed by atoms with Crippen LogP contribution in [-0.2, 0) is 0 Å². The lowest BCUT2D eigenvalue weighted by atomic mass is 10.1. The van der Waals surface area contributed by atoms with Crippen LogP contribution in [0.4, 0.5) is 0 Å². The fourth-order valence-electron chi connectivity index (χ4n) is 2.79. The molecule has 1 aliphatic rings. The summed E-state index contributed by atoms with van der Waals surface area (Å²) in [5.74, 6) is 0. The van der Waals surface area contributed by atoms with Crippen molar-refractivity contribution in [3.8, 4) is 0 Å². The van der Waals surface area contributed by atoms with Crippen molar-refractivity contribution in [3.63, 3.8) is 0 Å². The number of likely N-dealkylation sites (tertiary alicyclic amines) is 1. The predicted octanol–water partition coefficient (Wildman–Crippen LogP) is 2.59. The third-order valence-corrected chi connectivity index (χ3v) is 3.61. The van der Waals surface area contributed by atoms with Crippen molar-refractivity contribution in [2.75, 3.05) is 20.1 Å². The number of likely N-dealkylation sites (N-methyl/N-ethyl adjacent to an activating group) is 1. The summed E-state index contributed by atoms with van der Waals surface area (Å²) in [7, 11) is 2.27. The second-order valence-corrected chi connectivity index (χ2v) is 6.04. The van der Waals surface area contributed by atoms with Crippen LogP contribution in [0.5, 0.6) is 0 Å². The molecule has 0 N–H and O–H groups in total. The Morgan fingerprint density at radius 3 is 2.33 bits per heavy atom. The number of nitrogens with zero attached hydrogens (tertiary/aromatic N) is 2. The second kappa shape index (κ2) is 4.84. The maximum atomic E-state index is 2.64. The number of rotatable bonds is 3. The minimum Gasteiger partial charge on any atom is -0.302 e. The summed E-state index contributed by atoms with van der Waals surface area (Å²) >= 11 is 0. The molecule has 0 radical (unpaired) electrons. The molecule has 0 aromatic heterocycles. The molecule has 1 heterocycles. The van der Waals surface area contributed by atoms with Crippen LogP contribution in [0.2, 0.25) is 0 Å². The molecule has 0 aromatic rings. The Hall–Kier alpha value is -0.0800. The smallest absolute Gasteiger partial charge is 0.0235 e. The zero-order chi connectivity index (χ0) is 11.6. The molecule has 0 aliphatic carbocycles. The van der Waals surface area contributed by atoms with Gasteiger partial charge in [0.15, 0.2) is 0 Å². The predicted molar refractivity (Wildman–Crippen MR) is 67.2 cm³/mol. The van der Waals surface area contributed by atoms with Gasteiger partial charge in [0.2, 0.25) is 0 Å². The van der Waals surface area contributed by atoms with Crippen molar-refractivity contribution in [1.29, 1.82) is 0 Å². The quantitative estimate of drug-likeness (QED) is 0.709. The Labute approximate surface area is 95.6 Å². The second-order valence-electron chi connectivity index (χ2n) is 6.04. The van der Waals surface area contributed by atoms with Crippen LogP contribution < -0.4 is 0 Å². The first-order valence-corrected chi connectivity index (χ1v) is 6.33. The standard InChI is InChI=1S/C13H28N2/c1-7-8-14(6)12-9-11(2)15(10-12)13(3,4)5/h11-12H,7-10H2,1-6H3/t11-,12?/m0/s1. The Bertz CT molecular complexity index is 195. The molecule has 2 atom stereocenters. The van der Waals surface area contributed by atoms with Gasteiger partial charge in [-0.3, -0.25) is 4.90 Å². The number of hydrogen-bond donors (Lipinski definition) is 0. The van der Waals surface area contributed by atoms with Gasteiger partial charge in [0.1, 0.15) is 0 Å². The van der Waals surface area contributed by atoms with E-state index in [-0.39, 0.29) is 0 Å². The normalized spacial score (nSPS) is 29.0. The van der Waals surface area contributed by atoms with Gasteiger partial charge >= 0.3 is 0 Å². The van der Waals surface area contributed by atoms with Gasteiger partial charge in [-0.15, -0.1) is 0 Å². The van der Waals surface area contributed by atoms with E-state index in [4.69, 9.17) is 0 Å². The number of hydrogen-bond acceptors (Lipinski definition) is 2. The third-order valence-electron chi connectivity index (χ3n) is 3.61. The summed E-state index contributed by atoms with van der Waals surface area (Å²) in [5, 5.41) is 0.